The largest absolute Gasteiger partial charge is 0.502 e. The molecule has 0 aliphatic carbocycles. The zero-order valence-corrected chi connectivity index (χ0v) is 19.3. The van der Waals surface area contributed by atoms with E-state index in [-0.39, 0.29) is 16.3 Å². The highest BCUT2D eigenvalue weighted by atomic mass is 35.5. The number of carbonyl (C=O) groups excluding carboxylic acids is 1. The molecule has 0 fully saturated rings. The molecule has 4 rings (SSSR count). The van der Waals surface area contributed by atoms with Gasteiger partial charge in [0.1, 0.15) is 4.91 Å². The van der Waals surface area contributed by atoms with Crippen LogP contribution < -0.4 is 0 Å². The molecule has 1 aliphatic heterocycles. The molecule has 0 unspecified atom stereocenters. The first-order valence-electron chi connectivity index (χ1n) is 9.74. The van der Waals surface area contributed by atoms with Crippen molar-refractivity contribution in [3.63, 3.8) is 0 Å². The Labute approximate surface area is 196 Å². The van der Waals surface area contributed by atoms with Crippen LogP contribution in [0.2, 0.25) is 10.0 Å². The standard InChI is InChI=1S/C24H19Cl2NO4S/c1-15-2-12-20(13-3-15)32(30,31)23-21(17-6-10-19(26)11-7-17)27(24(29)22(23)28)14-16-4-8-18(25)9-5-16/h2-13,21,28H,14H2,1H3/t21-/m1/s1. The van der Waals surface area contributed by atoms with Crippen molar-refractivity contribution in [2.24, 2.45) is 0 Å². The van der Waals surface area contributed by atoms with Crippen molar-refractivity contribution in [1.82, 2.24) is 4.90 Å². The number of amides is 1. The molecule has 3 aromatic rings. The Kier molecular flexibility index (Phi) is 6.03. The van der Waals surface area contributed by atoms with Gasteiger partial charge in [0, 0.05) is 16.6 Å². The summed E-state index contributed by atoms with van der Waals surface area (Å²) in [5.74, 6) is -1.54. The van der Waals surface area contributed by atoms with Crippen LogP contribution in [0.4, 0.5) is 0 Å². The summed E-state index contributed by atoms with van der Waals surface area (Å²) in [4.78, 5) is 14.1. The number of nitrogens with zero attached hydrogens (tertiary/aromatic N) is 1. The lowest BCUT2D eigenvalue weighted by atomic mass is 10.1. The van der Waals surface area contributed by atoms with E-state index < -0.39 is 27.5 Å². The van der Waals surface area contributed by atoms with Gasteiger partial charge in [0.25, 0.3) is 5.91 Å². The molecule has 1 atom stereocenters. The van der Waals surface area contributed by atoms with Crippen LogP contribution in [-0.4, -0.2) is 24.3 Å². The van der Waals surface area contributed by atoms with Crippen LogP contribution in [0.1, 0.15) is 22.7 Å². The third-order valence-electron chi connectivity index (χ3n) is 5.33. The van der Waals surface area contributed by atoms with Crippen LogP contribution in [0, 0.1) is 6.92 Å². The number of aliphatic hydroxyl groups excluding tert-OH is 1. The molecule has 3 aromatic carbocycles. The Morgan fingerprint density at radius 1 is 0.875 bits per heavy atom. The molecule has 0 saturated heterocycles. The van der Waals surface area contributed by atoms with E-state index in [9.17, 15) is 18.3 Å². The van der Waals surface area contributed by atoms with E-state index in [1.54, 1.807) is 60.7 Å². The number of rotatable bonds is 5. The fourth-order valence-electron chi connectivity index (χ4n) is 3.67. The van der Waals surface area contributed by atoms with E-state index in [1.807, 2.05) is 6.92 Å². The van der Waals surface area contributed by atoms with E-state index in [0.717, 1.165) is 11.1 Å². The van der Waals surface area contributed by atoms with Crippen LogP contribution in [0.15, 0.2) is 88.4 Å². The molecule has 0 radical (unpaired) electrons. The zero-order valence-electron chi connectivity index (χ0n) is 17.0. The summed E-state index contributed by atoms with van der Waals surface area (Å²) in [7, 11) is -4.16. The van der Waals surface area contributed by atoms with Crippen molar-refractivity contribution in [1.29, 1.82) is 0 Å². The molecule has 8 heteroatoms. The highest BCUT2D eigenvalue weighted by Gasteiger charge is 2.46. The van der Waals surface area contributed by atoms with Crippen molar-refractivity contribution in [3.05, 3.63) is 110 Å². The number of halogens is 2. The first kappa shape index (κ1) is 22.4. The molecule has 1 heterocycles. The van der Waals surface area contributed by atoms with Gasteiger partial charge in [-0.3, -0.25) is 4.79 Å². The maximum Gasteiger partial charge on any atom is 0.290 e. The molecule has 0 bridgehead atoms. The summed E-state index contributed by atoms with van der Waals surface area (Å²) in [6.07, 6.45) is 0. The molecule has 1 amide bonds. The smallest absolute Gasteiger partial charge is 0.290 e. The number of benzene rings is 3. The second-order valence-corrected chi connectivity index (χ2v) is 10.3. The molecule has 0 saturated carbocycles. The van der Waals surface area contributed by atoms with Crippen molar-refractivity contribution in [3.8, 4) is 0 Å². The Morgan fingerprint density at radius 3 is 1.97 bits per heavy atom. The first-order valence-corrected chi connectivity index (χ1v) is 12.0. The van der Waals surface area contributed by atoms with Crippen LogP contribution in [-0.2, 0) is 21.2 Å². The van der Waals surface area contributed by atoms with Crippen LogP contribution in [0.5, 0.6) is 0 Å². The Hall–Kier alpha value is -2.80. The van der Waals surface area contributed by atoms with E-state index >= 15 is 0 Å². The molecule has 1 N–H and O–H groups in total. The van der Waals surface area contributed by atoms with Gasteiger partial charge in [-0.15, -0.1) is 0 Å². The van der Waals surface area contributed by atoms with Crippen molar-refractivity contribution < 1.29 is 18.3 Å². The van der Waals surface area contributed by atoms with Gasteiger partial charge in [0.05, 0.1) is 10.9 Å². The van der Waals surface area contributed by atoms with E-state index in [0.29, 0.717) is 15.6 Å². The quantitative estimate of drug-likeness (QED) is 0.505. The van der Waals surface area contributed by atoms with E-state index in [1.165, 1.54) is 17.0 Å². The van der Waals surface area contributed by atoms with Crippen LogP contribution in [0.3, 0.4) is 0 Å². The van der Waals surface area contributed by atoms with Crippen LogP contribution >= 0.6 is 23.2 Å². The third-order valence-corrected chi connectivity index (χ3v) is 7.72. The molecule has 32 heavy (non-hydrogen) atoms. The summed E-state index contributed by atoms with van der Waals surface area (Å²) >= 11 is 12.0. The molecule has 5 nitrogen and oxygen atoms in total. The molecule has 1 aliphatic rings. The Balaban J connectivity index is 1.84. The lowest BCUT2D eigenvalue weighted by Gasteiger charge is -2.27. The average Bonchev–Trinajstić information content (AvgIpc) is 3.01. The molecule has 0 spiro atoms. The lowest BCUT2D eigenvalue weighted by Crippen LogP contribution is -2.30. The molecular weight excluding hydrogens is 469 g/mol. The minimum atomic E-state index is -4.16. The first-order chi connectivity index (χ1) is 15.2. The Bertz CT molecular complexity index is 1300. The Morgan fingerprint density at radius 2 is 1.41 bits per heavy atom. The number of aryl methyl sites for hydroxylation is 1. The van der Waals surface area contributed by atoms with Gasteiger partial charge in [-0.05, 0) is 54.4 Å². The van der Waals surface area contributed by atoms with Gasteiger partial charge in [-0.1, -0.05) is 65.2 Å². The predicted octanol–water partition coefficient (Wildman–Crippen LogP) is 5.63. The summed E-state index contributed by atoms with van der Waals surface area (Å²) in [5, 5.41) is 11.8. The summed E-state index contributed by atoms with van der Waals surface area (Å²) in [6.45, 7) is 1.93. The maximum absolute atomic E-state index is 13.6. The fraction of sp³-hybridized carbons (Fsp3) is 0.125. The molecule has 164 valence electrons. The predicted molar refractivity (Wildman–Crippen MR) is 124 cm³/mol. The average molecular weight is 488 g/mol. The van der Waals surface area contributed by atoms with Gasteiger partial charge in [0.2, 0.25) is 9.84 Å². The minimum Gasteiger partial charge on any atom is -0.502 e. The van der Waals surface area contributed by atoms with Gasteiger partial charge in [-0.2, -0.15) is 0 Å². The SMILES string of the molecule is Cc1ccc(S(=O)(=O)C2=C(O)C(=O)N(Cc3ccc(Cl)cc3)[C@@H]2c2ccc(Cl)cc2)cc1. The van der Waals surface area contributed by atoms with Gasteiger partial charge >= 0.3 is 0 Å². The molecule has 0 aromatic heterocycles. The minimum absolute atomic E-state index is 0.00440. The summed E-state index contributed by atoms with van der Waals surface area (Å²) < 4.78 is 27.1. The van der Waals surface area contributed by atoms with Crippen molar-refractivity contribution in [2.45, 2.75) is 24.4 Å². The maximum atomic E-state index is 13.6. The number of hydrogen-bond donors (Lipinski definition) is 1. The zero-order chi connectivity index (χ0) is 23.0. The fourth-order valence-corrected chi connectivity index (χ4v) is 5.57. The number of hydrogen-bond acceptors (Lipinski definition) is 4. The summed E-state index contributed by atoms with van der Waals surface area (Å²) in [5.41, 5.74) is 2.15. The second-order valence-electron chi connectivity index (χ2n) is 7.54. The molecular formula is C24H19Cl2NO4S. The normalized spacial score (nSPS) is 16.7. The van der Waals surface area contributed by atoms with Crippen LogP contribution in [0.25, 0.3) is 0 Å². The van der Waals surface area contributed by atoms with Gasteiger partial charge in [0.15, 0.2) is 5.76 Å². The number of aliphatic hydroxyl groups is 1. The monoisotopic (exact) mass is 487 g/mol. The highest BCUT2D eigenvalue weighted by molar-refractivity contribution is 7.95. The second kappa shape index (κ2) is 8.62. The van der Waals surface area contributed by atoms with E-state index in [2.05, 4.69) is 0 Å². The van der Waals surface area contributed by atoms with E-state index in [4.69, 9.17) is 23.2 Å². The highest BCUT2D eigenvalue weighted by Crippen LogP contribution is 2.43. The number of sulfone groups is 1. The van der Waals surface area contributed by atoms with Gasteiger partial charge in [-0.25, -0.2) is 8.42 Å². The van der Waals surface area contributed by atoms with Gasteiger partial charge < -0.3 is 10.0 Å². The summed E-state index contributed by atoms with van der Waals surface area (Å²) in [6, 6.07) is 18.7. The van der Waals surface area contributed by atoms with Crippen molar-refractivity contribution >= 4 is 38.9 Å². The number of carbonyl (C=O) groups is 1. The third kappa shape index (κ3) is 4.13. The van der Waals surface area contributed by atoms with Crippen molar-refractivity contribution in [2.75, 3.05) is 0 Å². The lowest BCUT2D eigenvalue weighted by molar-refractivity contribution is -0.130. The topological polar surface area (TPSA) is 74.7 Å².